The molecule has 0 radical (unpaired) electrons. The first-order chi connectivity index (χ1) is 16.4. The fourth-order valence-corrected chi connectivity index (χ4v) is 7.42. The Bertz CT molecular complexity index is 1180. The average molecular weight is 465 g/mol. The molecule has 2 saturated heterocycles. The van der Waals surface area contributed by atoms with E-state index in [-0.39, 0.29) is 30.3 Å². The van der Waals surface area contributed by atoms with Gasteiger partial charge < -0.3 is 19.8 Å². The second-order valence-electron chi connectivity index (χ2n) is 11.2. The standard InChI is InChI=1S/C26H32N4O4/c1-16-11-27-30(12-16)15-22(32)29-9-7-26(33)20-10-18-4-5-19(31)24-23(18)25(26,21(14-29)34-24)6-8-28(20)13-17-2-3-17/h4-5,11-12,17,20-21,31,33H,2-3,6-10,13-15H2,1H3/t20-,21+,25-,26-/m1/s1. The van der Waals surface area contributed by atoms with Crippen molar-refractivity contribution in [3.8, 4) is 11.5 Å². The van der Waals surface area contributed by atoms with Crippen LogP contribution in [0, 0.1) is 12.8 Å². The number of aromatic nitrogens is 2. The van der Waals surface area contributed by atoms with Crippen LogP contribution in [0.25, 0.3) is 0 Å². The normalized spacial score (nSPS) is 33.9. The van der Waals surface area contributed by atoms with E-state index in [9.17, 15) is 15.0 Å². The molecule has 180 valence electrons. The molecule has 4 heterocycles. The van der Waals surface area contributed by atoms with Gasteiger partial charge in [0.1, 0.15) is 12.6 Å². The second-order valence-corrected chi connectivity index (χ2v) is 11.2. The van der Waals surface area contributed by atoms with Crippen molar-refractivity contribution in [3.05, 3.63) is 41.2 Å². The third-order valence-corrected chi connectivity index (χ3v) is 9.20. The predicted octanol–water partition coefficient (Wildman–Crippen LogP) is 1.60. The summed E-state index contributed by atoms with van der Waals surface area (Å²) in [6.07, 6.45) is 7.85. The number of hydrogen-bond donors (Lipinski definition) is 2. The van der Waals surface area contributed by atoms with Gasteiger partial charge in [-0.25, -0.2) is 0 Å². The number of likely N-dealkylation sites (tertiary alicyclic amines) is 2. The molecule has 0 unspecified atom stereocenters. The molecule has 2 aromatic rings. The molecular weight excluding hydrogens is 432 g/mol. The van der Waals surface area contributed by atoms with Gasteiger partial charge in [0.2, 0.25) is 5.91 Å². The number of carbonyl (C=O) groups is 1. The molecule has 1 spiro atoms. The molecule has 3 aliphatic heterocycles. The summed E-state index contributed by atoms with van der Waals surface area (Å²) in [5.74, 6) is 1.38. The lowest BCUT2D eigenvalue weighted by atomic mass is 9.52. The summed E-state index contributed by atoms with van der Waals surface area (Å²) in [6.45, 7) is 4.99. The molecule has 2 N–H and O–H groups in total. The van der Waals surface area contributed by atoms with Gasteiger partial charge in [-0.3, -0.25) is 14.4 Å². The van der Waals surface area contributed by atoms with Crippen molar-refractivity contribution in [1.29, 1.82) is 0 Å². The Morgan fingerprint density at radius 3 is 2.88 bits per heavy atom. The minimum absolute atomic E-state index is 0.000222. The number of rotatable bonds is 4. The fourth-order valence-electron chi connectivity index (χ4n) is 7.42. The Balaban J connectivity index is 1.29. The number of piperidine rings is 1. The molecule has 1 saturated carbocycles. The Morgan fingerprint density at radius 1 is 1.26 bits per heavy atom. The zero-order valence-electron chi connectivity index (χ0n) is 19.6. The van der Waals surface area contributed by atoms with Gasteiger partial charge in [-0.1, -0.05) is 6.07 Å². The van der Waals surface area contributed by atoms with E-state index >= 15 is 0 Å². The monoisotopic (exact) mass is 464 g/mol. The Hall–Kier alpha value is -2.58. The number of phenols is 1. The summed E-state index contributed by atoms with van der Waals surface area (Å²) >= 11 is 0. The number of carbonyl (C=O) groups excluding carboxylic acids is 1. The van der Waals surface area contributed by atoms with Crippen LogP contribution in [-0.2, 0) is 23.2 Å². The van der Waals surface area contributed by atoms with Gasteiger partial charge in [-0.2, -0.15) is 5.10 Å². The summed E-state index contributed by atoms with van der Waals surface area (Å²) < 4.78 is 8.15. The highest BCUT2D eigenvalue weighted by atomic mass is 16.5. The summed E-state index contributed by atoms with van der Waals surface area (Å²) in [5, 5.41) is 27.6. The van der Waals surface area contributed by atoms with Crippen LogP contribution in [0.15, 0.2) is 24.5 Å². The number of nitrogens with zero attached hydrogens (tertiary/aromatic N) is 4. The van der Waals surface area contributed by atoms with Crippen LogP contribution in [0.3, 0.4) is 0 Å². The van der Waals surface area contributed by atoms with E-state index in [2.05, 4.69) is 10.00 Å². The molecule has 5 aliphatic rings. The summed E-state index contributed by atoms with van der Waals surface area (Å²) in [4.78, 5) is 17.7. The van der Waals surface area contributed by atoms with Crippen LogP contribution in [0.5, 0.6) is 11.5 Å². The number of aryl methyl sites for hydroxylation is 1. The number of aliphatic hydroxyl groups is 1. The number of aromatic hydroxyl groups is 1. The van der Waals surface area contributed by atoms with Crippen molar-refractivity contribution in [2.75, 3.05) is 26.2 Å². The van der Waals surface area contributed by atoms with Crippen LogP contribution < -0.4 is 4.74 Å². The summed E-state index contributed by atoms with van der Waals surface area (Å²) in [6, 6.07) is 3.74. The van der Waals surface area contributed by atoms with Crippen molar-refractivity contribution < 1.29 is 19.7 Å². The number of ether oxygens (including phenoxy) is 1. The molecular formula is C26H32N4O4. The molecule has 4 atom stereocenters. The van der Waals surface area contributed by atoms with Crippen molar-refractivity contribution in [1.82, 2.24) is 19.6 Å². The Kier molecular flexibility index (Phi) is 4.26. The lowest BCUT2D eigenvalue weighted by Gasteiger charge is -2.60. The lowest BCUT2D eigenvalue weighted by molar-refractivity contribution is -0.162. The van der Waals surface area contributed by atoms with Crippen molar-refractivity contribution in [3.63, 3.8) is 0 Å². The molecule has 1 aromatic carbocycles. The molecule has 2 bridgehead atoms. The lowest BCUT2D eigenvalue weighted by Crippen LogP contribution is -2.74. The third-order valence-electron chi connectivity index (χ3n) is 9.20. The topological polar surface area (TPSA) is 91.1 Å². The van der Waals surface area contributed by atoms with Gasteiger partial charge in [0.15, 0.2) is 11.5 Å². The van der Waals surface area contributed by atoms with E-state index in [4.69, 9.17) is 4.74 Å². The molecule has 2 aliphatic carbocycles. The van der Waals surface area contributed by atoms with Gasteiger partial charge in [-0.15, -0.1) is 0 Å². The smallest absolute Gasteiger partial charge is 0.244 e. The van der Waals surface area contributed by atoms with Gasteiger partial charge in [0, 0.05) is 30.9 Å². The first-order valence-electron chi connectivity index (χ1n) is 12.6. The van der Waals surface area contributed by atoms with Gasteiger partial charge in [0.25, 0.3) is 0 Å². The summed E-state index contributed by atoms with van der Waals surface area (Å²) in [7, 11) is 0. The van der Waals surface area contributed by atoms with Crippen molar-refractivity contribution in [2.24, 2.45) is 5.92 Å². The first-order valence-corrected chi connectivity index (χ1v) is 12.6. The van der Waals surface area contributed by atoms with E-state index < -0.39 is 11.0 Å². The average Bonchev–Trinajstić information content (AvgIpc) is 3.46. The van der Waals surface area contributed by atoms with E-state index in [0.29, 0.717) is 25.3 Å². The highest BCUT2D eigenvalue weighted by molar-refractivity contribution is 5.76. The molecule has 8 heteroatoms. The van der Waals surface area contributed by atoms with Gasteiger partial charge in [0.05, 0.1) is 23.8 Å². The Morgan fingerprint density at radius 2 is 2.12 bits per heavy atom. The van der Waals surface area contributed by atoms with Crippen LogP contribution >= 0.6 is 0 Å². The molecule has 7 rings (SSSR count). The van der Waals surface area contributed by atoms with Crippen LogP contribution in [0.1, 0.15) is 42.4 Å². The molecule has 1 amide bonds. The van der Waals surface area contributed by atoms with E-state index in [1.807, 2.05) is 24.1 Å². The Labute approximate surface area is 199 Å². The maximum absolute atomic E-state index is 13.3. The van der Waals surface area contributed by atoms with E-state index in [0.717, 1.165) is 43.0 Å². The van der Waals surface area contributed by atoms with Gasteiger partial charge >= 0.3 is 0 Å². The second kappa shape index (κ2) is 6.98. The fraction of sp³-hybridized carbons (Fsp3) is 0.615. The molecule has 8 nitrogen and oxygen atoms in total. The number of phenolic OH excluding ortho intramolecular Hbond substituents is 1. The largest absolute Gasteiger partial charge is 0.504 e. The number of amides is 1. The first kappa shape index (κ1) is 20.8. The molecule has 3 fully saturated rings. The van der Waals surface area contributed by atoms with Crippen LogP contribution in [0.2, 0.25) is 0 Å². The highest BCUT2D eigenvalue weighted by Crippen LogP contribution is 2.63. The predicted molar refractivity (Wildman–Crippen MR) is 124 cm³/mol. The minimum atomic E-state index is -1.01. The third kappa shape index (κ3) is 2.72. The van der Waals surface area contributed by atoms with Crippen molar-refractivity contribution >= 4 is 5.91 Å². The van der Waals surface area contributed by atoms with Crippen LogP contribution in [-0.4, -0.2) is 79.6 Å². The van der Waals surface area contributed by atoms with Crippen molar-refractivity contribution in [2.45, 2.75) is 68.7 Å². The maximum Gasteiger partial charge on any atom is 0.244 e. The van der Waals surface area contributed by atoms with Gasteiger partial charge in [-0.05, 0) is 68.7 Å². The number of benzene rings is 1. The zero-order valence-corrected chi connectivity index (χ0v) is 19.6. The minimum Gasteiger partial charge on any atom is -0.504 e. The summed E-state index contributed by atoms with van der Waals surface area (Å²) in [5.41, 5.74) is 1.59. The van der Waals surface area contributed by atoms with E-state index in [1.54, 1.807) is 16.9 Å². The molecule has 1 aromatic heterocycles. The van der Waals surface area contributed by atoms with Crippen LogP contribution in [0.4, 0.5) is 0 Å². The SMILES string of the molecule is Cc1cnn(CC(=O)N2CC[C@@]3(O)[C@H]4Cc5ccc(O)c6c5[C@@]3(CCN4CC3CC3)[C@H](C2)O6)c1. The number of hydrogen-bond acceptors (Lipinski definition) is 6. The van der Waals surface area contributed by atoms with E-state index in [1.165, 1.54) is 18.4 Å². The zero-order chi connectivity index (χ0) is 23.2. The quantitative estimate of drug-likeness (QED) is 0.714. The molecule has 34 heavy (non-hydrogen) atoms. The highest BCUT2D eigenvalue weighted by Gasteiger charge is 2.71. The maximum atomic E-state index is 13.3.